The summed E-state index contributed by atoms with van der Waals surface area (Å²) < 4.78 is 16.3. The summed E-state index contributed by atoms with van der Waals surface area (Å²) in [5.41, 5.74) is 0.980. The third-order valence-corrected chi connectivity index (χ3v) is 5.15. The lowest BCUT2D eigenvalue weighted by Gasteiger charge is -2.32. The van der Waals surface area contributed by atoms with E-state index in [0.717, 1.165) is 49.7 Å². The van der Waals surface area contributed by atoms with Gasteiger partial charge in [-0.15, -0.1) is 10.2 Å². The summed E-state index contributed by atoms with van der Waals surface area (Å²) in [4.78, 5) is 14.4. The van der Waals surface area contributed by atoms with Gasteiger partial charge in [0.15, 0.2) is 0 Å². The number of hydrogen-bond acceptors (Lipinski definition) is 4. The van der Waals surface area contributed by atoms with Gasteiger partial charge in [-0.2, -0.15) is 0 Å². The number of hydrogen-bond donors (Lipinski definition) is 1. The van der Waals surface area contributed by atoms with Crippen LogP contribution in [0.15, 0.2) is 18.2 Å². The number of nitrogens with zero attached hydrogens (tertiary/aromatic N) is 4. The molecule has 1 saturated heterocycles. The van der Waals surface area contributed by atoms with Crippen molar-refractivity contribution < 1.29 is 9.18 Å². The maximum atomic E-state index is 14.1. The molecule has 1 N–H and O–H groups in total. The van der Waals surface area contributed by atoms with Crippen molar-refractivity contribution >= 4 is 5.91 Å². The van der Waals surface area contributed by atoms with E-state index in [2.05, 4.69) is 20.1 Å². The molecule has 0 atom stereocenters. The van der Waals surface area contributed by atoms with E-state index in [1.54, 1.807) is 17.0 Å². The molecule has 132 valence electrons. The fraction of sp³-hybridized carbons (Fsp3) is 0.500. The Balaban J connectivity index is 1.44. The normalized spacial score (nSPS) is 18.2. The second-order valence-electron chi connectivity index (χ2n) is 6.85. The fourth-order valence-corrected chi connectivity index (χ4v) is 3.72. The van der Waals surface area contributed by atoms with Crippen molar-refractivity contribution in [1.82, 2.24) is 25.0 Å². The van der Waals surface area contributed by atoms with E-state index >= 15 is 0 Å². The molecule has 0 aliphatic carbocycles. The molecule has 2 aromatic rings. The number of aryl methyl sites for hydroxylation is 1. The first kappa shape index (κ1) is 16.2. The van der Waals surface area contributed by atoms with Crippen molar-refractivity contribution in [1.29, 1.82) is 0 Å². The first-order chi connectivity index (χ1) is 12.1. The number of halogens is 1. The molecule has 0 unspecified atom stereocenters. The topological polar surface area (TPSA) is 63.1 Å². The molecule has 7 heteroatoms. The molecule has 1 aromatic carbocycles. The minimum Gasteiger partial charge on any atom is -0.339 e. The van der Waals surface area contributed by atoms with Crippen molar-refractivity contribution in [2.24, 2.45) is 0 Å². The first-order valence-corrected chi connectivity index (χ1v) is 8.81. The van der Waals surface area contributed by atoms with Gasteiger partial charge in [-0.25, -0.2) is 4.39 Å². The molecule has 0 radical (unpaired) electrons. The monoisotopic (exact) mass is 343 g/mol. The zero-order valence-corrected chi connectivity index (χ0v) is 14.3. The Bertz CT molecular complexity index is 795. The summed E-state index contributed by atoms with van der Waals surface area (Å²) in [5, 5.41) is 12.0. The second kappa shape index (κ2) is 6.55. The lowest BCUT2D eigenvalue weighted by Crippen LogP contribution is -2.39. The number of amides is 1. The van der Waals surface area contributed by atoms with Gasteiger partial charge >= 0.3 is 0 Å². The molecular formula is C18H22FN5O. The van der Waals surface area contributed by atoms with Crippen LogP contribution in [0, 0.1) is 12.7 Å². The largest absolute Gasteiger partial charge is 0.339 e. The number of aromatic nitrogens is 3. The highest BCUT2D eigenvalue weighted by atomic mass is 19.1. The predicted molar refractivity (Wildman–Crippen MR) is 90.7 cm³/mol. The number of carbonyl (C=O) groups excluding carboxylic acids is 1. The van der Waals surface area contributed by atoms with E-state index in [0.29, 0.717) is 19.0 Å². The molecule has 25 heavy (non-hydrogen) atoms. The van der Waals surface area contributed by atoms with Crippen LogP contribution in [-0.4, -0.2) is 45.2 Å². The van der Waals surface area contributed by atoms with Crippen molar-refractivity contribution in [2.75, 3.05) is 19.6 Å². The summed E-state index contributed by atoms with van der Waals surface area (Å²) in [5.74, 6) is 1.67. The number of piperidine rings is 1. The molecule has 1 fully saturated rings. The van der Waals surface area contributed by atoms with Gasteiger partial charge in [-0.05, 0) is 37.5 Å². The number of nitrogens with one attached hydrogen (secondary N) is 1. The molecule has 0 spiro atoms. The molecule has 1 aromatic heterocycles. The third kappa shape index (κ3) is 3.04. The highest BCUT2D eigenvalue weighted by Gasteiger charge is 2.29. The smallest absolute Gasteiger partial charge is 0.256 e. The zero-order chi connectivity index (χ0) is 17.4. The van der Waals surface area contributed by atoms with Crippen LogP contribution < -0.4 is 5.32 Å². The third-order valence-electron chi connectivity index (χ3n) is 5.15. The molecule has 0 bridgehead atoms. The number of carbonyl (C=O) groups is 1. The van der Waals surface area contributed by atoms with E-state index in [4.69, 9.17) is 0 Å². The van der Waals surface area contributed by atoms with Gasteiger partial charge in [0.25, 0.3) is 5.91 Å². The SMILES string of the molecule is Cc1ccc(C(=O)N2CCC(c3nnc4n3CCNC4)CC2)c(F)c1. The van der Waals surface area contributed by atoms with E-state index in [-0.39, 0.29) is 11.5 Å². The van der Waals surface area contributed by atoms with E-state index in [1.807, 2.05) is 6.92 Å². The van der Waals surface area contributed by atoms with Crippen LogP contribution in [-0.2, 0) is 13.1 Å². The Morgan fingerprint density at radius 3 is 2.80 bits per heavy atom. The Hall–Kier alpha value is -2.28. The average Bonchev–Trinajstić information content (AvgIpc) is 3.05. The maximum Gasteiger partial charge on any atom is 0.256 e. The predicted octanol–water partition coefficient (Wildman–Crippen LogP) is 1.85. The Kier molecular flexibility index (Phi) is 4.25. The van der Waals surface area contributed by atoms with Gasteiger partial charge in [0.1, 0.15) is 17.5 Å². The molecule has 4 rings (SSSR count). The summed E-state index contributed by atoms with van der Waals surface area (Å²) >= 11 is 0. The summed E-state index contributed by atoms with van der Waals surface area (Å²) in [6, 6.07) is 4.77. The minimum atomic E-state index is -0.439. The van der Waals surface area contributed by atoms with Crippen LogP contribution in [0.1, 0.15) is 46.3 Å². The van der Waals surface area contributed by atoms with Crippen molar-refractivity contribution in [3.05, 3.63) is 46.8 Å². The fourth-order valence-electron chi connectivity index (χ4n) is 3.72. The molecule has 3 heterocycles. The van der Waals surface area contributed by atoms with Gasteiger partial charge in [-0.3, -0.25) is 4.79 Å². The van der Waals surface area contributed by atoms with Gasteiger partial charge in [0.05, 0.1) is 12.1 Å². The number of fused-ring (bicyclic) bond motifs is 1. The molecular weight excluding hydrogens is 321 g/mol. The quantitative estimate of drug-likeness (QED) is 0.904. The molecule has 0 saturated carbocycles. The Morgan fingerprint density at radius 1 is 1.24 bits per heavy atom. The summed E-state index contributed by atoms with van der Waals surface area (Å²) in [6.07, 6.45) is 1.68. The van der Waals surface area contributed by atoms with Crippen LogP contribution >= 0.6 is 0 Å². The number of likely N-dealkylation sites (tertiary alicyclic amines) is 1. The first-order valence-electron chi connectivity index (χ1n) is 8.81. The van der Waals surface area contributed by atoms with Crippen LogP contribution in [0.25, 0.3) is 0 Å². The second-order valence-corrected chi connectivity index (χ2v) is 6.85. The van der Waals surface area contributed by atoms with Crippen LogP contribution in [0.4, 0.5) is 4.39 Å². The molecule has 1 amide bonds. The van der Waals surface area contributed by atoms with Gasteiger partial charge < -0.3 is 14.8 Å². The van der Waals surface area contributed by atoms with Crippen LogP contribution in [0.3, 0.4) is 0 Å². The number of rotatable bonds is 2. The number of benzene rings is 1. The average molecular weight is 343 g/mol. The Labute approximate surface area is 146 Å². The van der Waals surface area contributed by atoms with Crippen LogP contribution in [0.5, 0.6) is 0 Å². The van der Waals surface area contributed by atoms with Crippen molar-refractivity contribution in [2.45, 2.75) is 38.8 Å². The lowest BCUT2D eigenvalue weighted by molar-refractivity contribution is 0.0705. The van der Waals surface area contributed by atoms with E-state index in [9.17, 15) is 9.18 Å². The van der Waals surface area contributed by atoms with E-state index in [1.165, 1.54) is 6.07 Å². The lowest BCUT2D eigenvalue weighted by atomic mass is 9.95. The molecule has 2 aliphatic heterocycles. The molecule has 6 nitrogen and oxygen atoms in total. The highest BCUT2D eigenvalue weighted by molar-refractivity contribution is 5.94. The highest BCUT2D eigenvalue weighted by Crippen LogP contribution is 2.28. The standard InChI is InChI=1S/C18H22FN5O/c1-12-2-3-14(15(19)10-12)18(25)23-7-4-13(5-8-23)17-22-21-16-11-20-6-9-24(16)17/h2-3,10,13,20H,4-9,11H2,1H3. The van der Waals surface area contributed by atoms with Crippen molar-refractivity contribution in [3.8, 4) is 0 Å². The van der Waals surface area contributed by atoms with Gasteiger partial charge in [0.2, 0.25) is 0 Å². The zero-order valence-electron chi connectivity index (χ0n) is 14.3. The summed E-state index contributed by atoms with van der Waals surface area (Å²) in [6.45, 7) is 5.65. The molecule has 2 aliphatic rings. The minimum absolute atomic E-state index is 0.162. The van der Waals surface area contributed by atoms with E-state index < -0.39 is 5.82 Å². The van der Waals surface area contributed by atoms with Crippen molar-refractivity contribution in [3.63, 3.8) is 0 Å². The van der Waals surface area contributed by atoms with Gasteiger partial charge in [-0.1, -0.05) is 6.07 Å². The Morgan fingerprint density at radius 2 is 2.04 bits per heavy atom. The summed E-state index contributed by atoms with van der Waals surface area (Å²) in [7, 11) is 0. The van der Waals surface area contributed by atoms with Gasteiger partial charge in [0, 0.05) is 32.1 Å². The van der Waals surface area contributed by atoms with Crippen LogP contribution in [0.2, 0.25) is 0 Å². The maximum absolute atomic E-state index is 14.1.